The Labute approximate surface area is 231 Å². The first kappa shape index (κ1) is 22.6. The maximum Gasteiger partial charge on any atom is 0.0366 e. The number of hydrogen-bond donors (Lipinski definition) is 0. The molecule has 3 aliphatic carbocycles. The Morgan fingerprint density at radius 2 is 1.43 bits per heavy atom. The van der Waals surface area contributed by atoms with Crippen LogP contribution < -0.4 is 0 Å². The van der Waals surface area contributed by atoms with E-state index in [1.165, 1.54) is 68.1 Å². The fourth-order valence-corrected chi connectivity index (χ4v) is 10.5. The van der Waals surface area contributed by atoms with Gasteiger partial charge in [-0.2, -0.15) is 0 Å². The molecule has 3 aliphatic rings. The lowest BCUT2D eigenvalue weighted by Crippen LogP contribution is -2.49. The van der Waals surface area contributed by atoms with Gasteiger partial charge < -0.3 is 0 Å². The van der Waals surface area contributed by atoms with Crippen LogP contribution in [0.2, 0.25) is 0 Å². The van der Waals surface area contributed by atoms with Crippen molar-refractivity contribution in [1.29, 1.82) is 0 Å². The molecule has 0 aliphatic heterocycles. The molecule has 1 heterocycles. The van der Waals surface area contributed by atoms with Crippen molar-refractivity contribution in [2.75, 3.05) is 0 Å². The van der Waals surface area contributed by atoms with Crippen LogP contribution in [0.25, 0.3) is 42.4 Å². The standard InChI is InChI=1S/C35H31BrS/c1-20-13-22-15-21(2)35(25(14-20)16-22)31-6-4-3-5-27(31)30-17-23(8-12-32(30)35)24-7-10-28-29-11-9-26(36)19-34(29)37-33(28)18-24/h3-12,17-22,25H,13-16H2,1-2H3. The van der Waals surface area contributed by atoms with Gasteiger partial charge in [0.2, 0.25) is 0 Å². The third-order valence-electron chi connectivity index (χ3n) is 10.0. The Bertz CT molecular complexity index is 1710. The van der Waals surface area contributed by atoms with E-state index in [0.717, 1.165) is 22.2 Å². The highest BCUT2D eigenvalue weighted by atomic mass is 79.9. The average molecular weight is 564 g/mol. The summed E-state index contributed by atoms with van der Waals surface area (Å²) in [6.07, 6.45) is 5.58. The zero-order valence-electron chi connectivity index (χ0n) is 21.4. The summed E-state index contributed by atoms with van der Waals surface area (Å²) in [5.41, 5.74) is 9.02. The van der Waals surface area contributed by atoms with Crippen molar-refractivity contribution in [2.24, 2.45) is 23.7 Å². The van der Waals surface area contributed by atoms with Crippen LogP contribution in [0.4, 0.5) is 0 Å². The minimum atomic E-state index is 0.179. The predicted octanol–water partition coefficient (Wildman–Crippen LogP) is 10.8. The summed E-state index contributed by atoms with van der Waals surface area (Å²) >= 11 is 5.54. The molecule has 0 radical (unpaired) electrons. The molecule has 37 heavy (non-hydrogen) atoms. The van der Waals surface area contributed by atoms with Crippen LogP contribution in [0.3, 0.4) is 0 Å². The summed E-state index contributed by atoms with van der Waals surface area (Å²) in [5.74, 6) is 3.20. The second-order valence-corrected chi connectivity index (χ2v) is 14.1. The number of benzene rings is 4. The molecular weight excluding hydrogens is 532 g/mol. The highest BCUT2D eigenvalue weighted by molar-refractivity contribution is 9.10. The van der Waals surface area contributed by atoms with Gasteiger partial charge in [-0.15, -0.1) is 11.3 Å². The second kappa shape index (κ2) is 8.04. The molecular formula is C35H31BrS. The van der Waals surface area contributed by atoms with Crippen LogP contribution in [0.1, 0.15) is 50.7 Å². The summed E-state index contributed by atoms with van der Waals surface area (Å²) in [6.45, 7) is 5.05. The lowest BCUT2D eigenvalue weighted by molar-refractivity contribution is 0.0426. The van der Waals surface area contributed by atoms with Crippen LogP contribution >= 0.6 is 27.3 Å². The summed E-state index contributed by atoms with van der Waals surface area (Å²) in [7, 11) is 0. The fraction of sp³-hybridized carbons (Fsp3) is 0.314. The molecule has 2 heteroatoms. The van der Waals surface area contributed by atoms with Gasteiger partial charge in [-0.3, -0.25) is 0 Å². The van der Waals surface area contributed by atoms with E-state index in [-0.39, 0.29) is 5.41 Å². The van der Waals surface area contributed by atoms with Gasteiger partial charge in [0.1, 0.15) is 0 Å². The van der Waals surface area contributed by atoms with Crippen molar-refractivity contribution in [2.45, 2.75) is 44.9 Å². The Balaban J connectivity index is 1.30. The molecule has 184 valence electrons. The molecule has 0 amide bonds. The Morgan fingerprint density at radius 3 is 2.32 bits per heavy atom. The molecule has 0 N–H and O–H groups in total. The van der Waals surface area contributed by atoms with Crippen LogP contribution in [-0.4, -0.2) is 0 Å². The quantitative estimate of drug-likeness (QED) is 0.190. The zero-order chi connectivity index (χ0) is 24.9. The fourth-order valence-electron chi connectivity index (χ4n) is 8.83. The highest BCUT2D eigenvalue weighted by Crippen LogP contribution is 2.64. The smallest absolute Gasteiger partial charge is 0.0366 e. The van der Waals surface area contributed by atoms with Crippen LogP contribution in [-0.2, 0) is 5.41 Å². The van der Waals surface area contributed by atoms with Crippen LogP contribution in [0.5, 0.6) is 0 Å². The lowest BCUT2D eigenvalue weighted by atomic mass is 9.49. The predicted molar refractivity (Wildman–Crippen MR) is 162 cm³/mol. The Kier molecular flexibility index (Phi) is 4.90. The third-order valence-corrected chi connectivity index (χ3v) is 11.7. The van der Waals surface area contributed by atoms with Gasteiger partial charge in [-0.1, -0.05) is 84.4 Å². The molecule has 8 rings (SSSR count). The molecule has 4 aromatic carbocycles. The van der Waals surface area contributed by atoms with E-state index < -0.39 is 0 Å². The summed E-state index contributed by atoms with van der Waals surface area (Å²) < 4.78 is 3.86. The van der Waals surface area contributed by atoms with E-state index in [1.54, 1.807) is 11.1 Å². The number of fused-ring (bicyclic) bond motifs is 11. The van der Waals surface area contributed by atoms with E-state index in [9.17, 15) is 0 Å². The van der Waals surface area contributed by atoms with Gasteiger partial charge in [0.25, 0.3) is 0 Å². The van der Waals surface area contributed by atoms with Crippen molar-refractivity contribution in [3.05, 3.63) is 94.5 Å². The van der Waals surface area contributed by atoms with Crippen LogP contribution in [0, 0.1) is 23.7 Å². The summed E-state index contributed by atoms with van der Waals surface area (Å²) in [5, 5.41) is 2.71. The van der Waals surface area contributed by atoms with E-state index in [2.05, 4.69) is 109 Å². The van der Waals surface area contributed by atoms with Crippen LogP contribution in [0.15, 0.2) is 83.3 Å². The molecule has 5 atom stereocenters. The third kappa shape index (κ3) is 3.12. The molecule has 2 fully saturated rings. The normalized spacial score (nSPS) is 28.1. The minimum Gasteiger partial charge on any atom is -0.135 e. The van der Waals surface area contributed by atoms with Gasteiger partial charge in [0.15, 0.2) is 0 Å². The molecule has 5 unspecified atom stereocenters. The Morgan fingerprint density at radius 1 is 0.703 bits per heavy atom. The van der Waals surface area contributed by atoms with Gasteiger partial charge in [-0.25, -0.2) is 0 Å². The maximum absolute atomic E-state index is 3.64. The van der Waals surface area contributed by atoms with Gasteiger partial charge >= 0.3 is 0 Å². The molecule has 1 spiro atoms. The Hall–Kier alpha value is -2.42. The first-order chi connectivity index (χ1) is 18.0. The summed E-state index contributed by atoms with van der Waals surface area (Å²) in [6, 6.07) is 30.5. The zero-order valence-corrected chi connectivity index (χ0v) is 23.8. The second-order valence-electron chi connectivity index (χ2n) is 12.1. The maximum atomic E-state index is 3.64. The van der Waals surface area contributed by atoms with Crippen molar-refractivity contribution in [3.8, 4) is 22.3 Å². The molecule has 2 bridgehead atoms. The molecule has 0 nitrogen and oxygen atoms in total. The number of rotatable bonds is 1. The van der Waals surface area contributed by atoms with Gasteiger partial charge in [-0.05, 0) is 107 Å². The minimum absolute atomic E-state index is 0.179. The van der Waals surface area contributed by atoms with Gasteiger partial charge in [0.05, 0.1) is 0 Å². The number of halogens is 1. The van der Waals surface area contributed by atoms with Crippen molar-refractivity contribution in [3.63, 3.8) is 0 Å². The van der Waals surface area contributed by atoms with E-state index in [4.69, 9.17) is 0 Å². The number of thiophene rings is 1. The first-order valence-corrected chi connectivity index (χ1v) is 15.5. The number of hydrogen-bond acceptors (Lipinski definition) is 1. The molecule has 0 saturated heterocycles. The largest absolute Gasteiger partial charge is 0.135 e. The molecule has 5 aromatic rings. The SMILES string of the molecule is CC1CC2CC(C)C3(c4ccccc4-c4cc(-c5ccc6c(c5)sc5cc(Br)ccc56)ccc43)C(C1)C2. The lowest BCUT2D eigenvalue weighted by Gasteiger charge is -2.54. The first-order valence-electron chi connectivity index (χ1n) is 13.9. The molecule has 2 saturated carbocycles. The van der Waals surface area contributed by atoms with Crippen molar-refractivity contribution in [1.82, 2.24) is 0 Å². The highest BCUT2D eigenvalue weighted by Gasteiger charge is 2.56. The van der Waals surface area contributed by atoms with E-state index in [1.807, 2.05) is 11.3 Å². The van der Waals surface area contributed by atoms with Crippen molar-refractivity contribution < 1.29 is 0 Å². The van der Waals surface area contributed by atoms with E-state index >= 15 is 0 Å². The molecule has 1 aromatic heterocycles. The monoisotopic (exact) mass is 562 g/mol. The average Bonchev–Trinajstić information content (AvgIpc) is 3.39. The topological polar surface area (TPSA) is 0 Å². The van der Waals surface area contributed by atoms with E-state index in [0.29, 0.717) is 5.92 Å². The van der Waals surface area contributed by atoms with Gasteiger partial charge in [0, 0.05) is 30.1 Å². The summed E-state index contributed by atoms with van der Waals surface area (Å²) in [4.78, 5) is 0. The van der Waals surface area contributed by atoms with Crippen molar-refractivity contribution >= 4 is 47.4 Å².